The van der Waals surface area contributed by atoms with Crippen molar-refractivity contribution in [2.24, 2.45) is 0 Å². The number of carbonyl (C=O) groups is 2. The van der Waals surface area contributed by atoms with Crippen LogP contribution in [-0.2, 0) is 16.1 Å². The Morgan fingerprint density at radius 2 is 2.12 bits per heavy atom. The topological polar surface area (TPSA) is 114 Å². The Labute approximate surface area is 137 Å². The van der Waals surface area contributed by atoms with E-state index in [1.165, 1.54) is 10.9 Å². The van der Waals surface area contributed by atoms with Crippen LogP contribution in [0.1, 0.15) is 6.92 Å². The third-order valence-electron chi connectivity index (χ3n) is 3.21. The van der Waals surface area contributed by atoms with Crippen molar-refractivity contribution in [1.29, 1.82) is 0 Å². The van der Waals surface area contributed by atoms with Crippen LogP contribution >= 0.6 is 0 Å². The van der Waals surface area contributed by atoms with Crippen molar-refractivity contribution in [3.63, 3.8) is 0 Å². The number of rotatable bonds is 5. The van der Waals surface area contributed by atoms with E-state index in [1.807, 2.05) is 24.3 Å². The van der Waals surface area contributed by atoms with E-state index in [4.69, 9.17) is 4.74 Å². The van der Waals surface area contributed by atoms with Crippen LogP contribution in [0.4, 0.5) is 16.3 Å². The van der Waals surface area contributed by atoms with Crippen molar-refractivity contribution in [2.75, 3.05) is 17.2 Å². The van der Waals surface area contributed by atoms with E-state index in [2.05, 4.69) is 25.9 Å². The second kappa shape index (κ2) is 6.82. The molecule has 0 aliphatic rings. The molecule has 0 atom stereocenters. The summed E-state index contributed by atoms with van der Waals surface area (Å²) in [4.78, 5) is 26.5. The Kier molecular flexibility index (Phi) is 4.41. The lowest BCUT2D eigenvalue weighted by Gasteiger charge is -2.03. The second-order valence-corrected chi connectivity index (χ2v) is 4.94. The molecule has 0 bridgehead atoms. The molecule has 0 aliphatic carbocycles. The first-order valence-electron chi connectivity index (χ1n) is 7.35. The van der Waals surface area contributed by atoms with Gasteiger partial charge in [-0.05, 0) is 13.0 Å². The normalized spacial score (nSPS) is 10.5. The highest BCUT2D eigenvalue weighted by molar-refractivity contribution is 6.01. The number of amides is 2. The molecule has 124 valence electrons. The highest BCUT2D eigenvalue weighted by atomic mass is 16.5. The fraction of sp³-hybridized carbons (Fsp3) is 0.200. The van der Waals surface area contributed by atoms with Crippen LogP contribution in [0.3, 0.4) is 0 Å². The lowest BCUT2D eigenvalue weighted by atomic mass is 10.2. The fourth-order valence-corrected chi connectivity index (χ4v) is 2.22. The van der Waals surface area contributed by atoms with E-state index >= 15 is 0 Å². The van der Waals surface area contributed by atoms with E-state index in [0.717, 1.165) is 10.9 Å². The van der Waals surface area contributed by atoms with E-state index < -0.39 is 6.09 Å². The summed E-state index contributed by atoms with van der Waals surface area (Å²) in [5.74, 6) is -0.0410. The third-order valence-corrected chi connectivity index (χ3v) is 3.21. The summed E-state index contributed by atoms with van der Waals surface area (Å²) in [6, 6.07) is 7.66. The summed E-state index contributed by atoms with van der Waals surface area (Å²) in [6.07, 6.45) is 2.57. The molecule has 0 saturated heterocycles. The van der Waals surface area contributed by atoms with Crippen LogP contribution in [0.25, 0.3) is 10.9 Å². The van der Waals surface area contributed by atoms with Crippen LogP contribution in [0.5, 0.6) is 0 Å². The van der Waals surface area contributed by atoms with Gasteiger partial charge in [-0.25, -0.2) is 9.48 Å². The van der Waals surface area contributed by atoms with Crippen molar-refractivity contribution in [3.05, 3.63) is 36.7 Å². The van der Waals surface area contributed by atoms with Gasteiger partial charge in [0.15, 0.2) is 5.82 Å². The van der Waals surface area contributed by atoms with Gasteiger partial charge in [0.05, 0.1) is 18.5 Å². The quantitative estimate of drug-likeness (QED) is 0.662. The molecule has 0 unspecified atom stereocenters. The summed E-state index contributed by atoms with van der Waals surface area (Å²) in [5.41, 5.74) is 1.63. The van der Waals surface area contributed by atoms with E-state index in [9.17, 15) is 9.59 Å². The Balaban J connectivity index is 1.61. The maximum Gasteiger partial charge on any atom is 0.412 e. The van der Waals surface area contributed by atoms with Crippen LogP contribution in [0, 0.1) is 0 Å². The van der Waals surface area contributed by atoms with Crippen molar-refractivity contribution < 1.29 is 14.3 Å². The molecule has 3 aromatic rings. The Hall–Kier alpha value is -3.36. The molecule has 2 heterocycles. The Bertz CT molecular complexity index is 869. The number of benzene rings is 1. The van der Waals surface area contributed by atoms with Gasteiger partial charge in [-0.3, -0.25) is 10.1 Å². The predicted octanol–water partition coefficient (Wildman–Crippen LogP) is 1.97. The smallest absolute Gasteiger partial charge is 0.412 e. The largest absolute Gasteiger partial charge is 0.450 e. The number of fused-ring (bicyclic) bond motifs is 1. The summed E-state index contributed by atoms with van der Waals surface area (Å²) >= 11 is 0. The minimum absolute atomic E-state index is 0.0307. The van der Waals surface area contributed by atoms with Crippen LogP contribution in [0.15, 0.2) is 36.7 Å². The average molecular weight is 328 g/mol. The zero-order valence-electron chi connectivity index (χ0n) is 12.9. The maximum absolute atomic E-state index is 12.1. The van der Waals surface area contributed by atoms with Gasteiger partial charge >= 0.3 is 6.09 Å². The molecule has 9 nitrogen and oxygen atoms in total. The van der Waals surface area contributed by atoms with E-state index in [1.54, 1.807) is 13.1 Å². The minimum atomic E-state index is -0.618. The Morgan fingerprint density at radius 1 is 1.29 bits per heavy atom. The molecule has 0 aliphatic heterocycles. The number of aromatic nitrogens is 4. The van der Waals surface area contributed by atoms with Crippen LogP contribution in [0.2, 0.25) is 0 Å². The van der Waals surface area contributed by atoms with Gasteiger partial charge in [-0.15, -0.1) is 5.10 Å². The summed E-state index contributed by atoms with van der Waals surface area (Å²) in [6.45, 7) is 1.93. The molecular formula is C15H16N6O3. The highest BCUT2D eigenvalue weighted by Crippen LogP contribution is 2.22. The molecule has 1 aromatic carbocycles. The molecule has 0 radical (unpaired) electrons. The number of hydrogen-bond acceptors (Lipinski definition) is 5. The van der Waals surface area contributed by atoms with Crippen LogP contribution < -0.4 is 10.6 Å². The fourth-order valence-electron chi connectivity index (χ4n) is 2.22. The minimum Gasteiger partial charge on any atom is -0.450 e. The molecule has 0 spiro atoms. The second-order valence-electron chi connectivity index (χ2n) is 4.94. The first-order chi connectivity index (χ1) is 11.7. The maximum atomic E-state index is 12.1. The number of anilines is 2. The van der Waals surface area contributed by atoms with Gasteiger partial charge < -0.3 is 15.0 Å². The number of carbonyl (C=O) groups excluding carboxylic acids is 2. The van der Waals surface area contributed by atoms with Crippen molar-refractivity contribution in [2.45, 2.75) is 13.5 Å². The number of H-pyrrole nitrogens is 1. The monoisotopic (exact) mass is 328 g/mol. The molecular weight excluding hydrogens is 312 g/mol. The van der Waals surface area contributed by atoms with Crippen molar-refractivity contribution in [3.8, 4) is 0 Å². The van der Waals surface area contributed by atoms with Gasteiger partial charge in [0, 0.05) is 17.1 Å². The number of ether oxygens (including phenoxy) is 1. The highest BCUT2D eigenvalue weighted by Gasteiger charge is 2.11. The van der Waals surface area contributed by atoms with E-state index in [-0.39, 0.29) is 24.9 Å². The zero-order chi connectivity index (χ0) is 16.9. The molecule has 9 heteroatoms. The van der Waals surface area contributed by atoms with E-state index in [0.29, 0.717) is 5.69 Å². The molecule has 0 saturated carbocycles. The average Bonchev–Trinajstić information content (AvgIpc) is 3.15. The molecule has 2 aromatic heterocycles. The first-order valence-corrected chi connectivity index (χ1v) is 7.35. The Morgan fingerprint density at radius 3 is 2.96 bits per heavy atom. The number of nitrogens with one attached hydrogen (secondary N) is 3. The number of hydrogen-bond donors (Lipinski definition) is 3. The van der Waals surface area contributed by atoms with Crippen molar-refractivity contribution >= 4 is 34.4 Å². The van der Waals surface area contributed by atoms with Gasteiger partial charge in [-0.1, -0.05) is 23.4 Å². The zero-order valence-corrected chi connectivity index (χ0v) is 12.9. The number of para-hydroxylation sites is 1. The number of nitrogens with zero attached hydrogens (tertiary/aromatic N) is 3. The van der Waals surface area contributed by atoms with Crippen LogP contribution in [-0.4, -0.2) is 38.6 Å². The predicted molar refractivity (Wildman–Crippen MR) is 87.6 cm³/mol. The van der Waals surface area contributed by atoms with Gasteiger partial charge in [0.2, 0.25) is 5.91 Å². The molecule has 3 N–H and O–H groups in total. The third kappa shape index (κ3) is 3.51. The van der Waals surface area contributed by atoms with Gasteiger partial charge in [0.1, 0.15) is 6.54 Å². The van der Waals surface area contributed by atoms with Gasteiger partial charge in [-0.2, -0.15) is 0 Å². The molecule has 2 amide bonds. The molecule has 0 fully saturated rings. The standard InChI is InChI=1S/C15H16N6O3/c1-2-24-15(23)18-13-8-21(20-19-13)9-14(22)17-12-7-16-11-6-4-3-5-10(11)12/h3-8,16H,2,9H2,1H3,(H,17,22)(H,18,23). The first kappa shape index (κ1) is 15.5. The summed E-state index contributed by atoms with van der Waals surface area (Å²) in [7, 11) is 0. The number of aromatic amines is 1. The summed E-state index contributed by atoms with van der Waals surface area (Å²) < 4.78 is 6.06. The van der Waals surface area contributed by atoms with Gasteiger partial charge in [0.25, 0.3) is 0 Å². The SMILES string of the molecule is CCOC(=O)Nc1cn(CC(=O)Nc2c[nH]c3ccccc23)nn1. The summed E-state index contributed by atoms with van der Waals surface area (Å²) in [5, 5.41) is 13.7. The molecule has 3 rings (SSSR count). The molecule has 24 heavy (non-hydrogen) atoms. The van der Waals surface area contributed by atoms with Crippen molar-refractivity contribution in [1.82, 2.24) is 20.0 Å². The lowest BCUT2D eigenvalue weighted by Crippen LogP contribution is -2.19. The lowest BCUT2D eigenvalue weighted by molar-refractivity contribution is -0.116.